The van der Waals surface area contributed by atoms with Crippen LogP contribution in [0.4, 0.5) is 0 Å². The molecule has 0 aromatic heterocycles. The number of amides is 1. The lowest BCUT2D eigenvalue weighted by Gasteiger charge is -2.26. The Morgan fingerprint density at radius 2 is 1.95 bits per heavy atom. The highest BCUT2D eigenvalue weighted by atomic mass is 35.5. The standard InChI is InChI=1S/C14H27N3O.2ClH/c1-10(17(2)12-6-7-12)9-16-14(18)13-5-3-4-11(13)8-15;;/h10-13H,3-9,15H2,1-2H3,(H,16,18);2*1H/t10?,11-,13-;;/m1../s1. The number of nitrogens with one attached hydrogen (secondary N) is 1. The third-order valence-electron chi connectivity index (χ3n) is 4.69. The molecule has 6 heteroatoms. The summed E-state index contributed by atoms with van der Waals surface area (Å²) in [6.45, 7) is 3.60. The Morgan fingerprint density at radius 1 is 1.30 bits per heavy atom. The summed E-state index contributed by atoms with van der Waals surface area (Å²) in [4.78, 5) is 14.5. The second-order valence-electron chi connectivity index (χ2n) is 6.02. The van der Waals surface area contributed by atoms with Crippen molar-refractivity contribution in [2.45, 2.75) is 51.1 Å². The molecule has 0 aromatic rings. The Hall–Kier alpha value is -0.0300. The maximum atomic E-state index is 12.1. The number of carbonyl (C=O) groups is 1. The minimum Gasteiger partial charge on any atom is -0.354 e. The van der Waals surface area contributed by atoms with E-state index in [1.807, 2.05) is 0 Å². The molecular formula is C14H29Cl2N3O. The first-order chi connectivity index (χ1) is 8.63. The van der Waals surface area contributed by atoms with Crippen LogP contribution >= 0.6 is 24.8 Å². The molecule has 2 rings (SSSR count). The zero-order valence-corrected chi connectivity index (χ0v) is 14.1. The molecule has 2 aliphatic rings. The van der Waals surface area contributed by atoms with E-state index in [1.54, 1.807) is 0 Å². The summed E-state index contributed by atoms with van der Waals surface area (Å²) in [5.41, 5.74) is 5.73. The van der Waals surface area contributed by atoms with E-state index < -0.39 is 0 Å². The van der Waals surface area contributed by atoms with Gasteiger partial charge in [0.25, 0.3) is 0 Å². The number of hydrogen-bond donors (Lipinski definition) is 2. The van der Waals surface area contributed by atoms with Crippen LogP contribution in [0.3, 0.4) is 0 Å². The van der Waals surface area contributed by atoms with E-state index in [4.69, 9.17) is 5.73 Å². The number of rotatable bonds is 6. The summed E-state index contributed by atoms with van der Waals surface area (Å²) in [5, 5.41) is 3.12. The van der Waals surface area contributed by atoms with Crippen LogP contribution in [0.15, 0.2) is 0 Å². The van der Waals surface area contributed by atoms with Gasteiger partial charge in [0.05, 0.1) is 0 Å². The Kier molecular flexibility index (Phi) is 9.07. The van der Waals surface area contributed by atoms with Crippen molar-refractivity contribution < 1.29 is 4.79 Å². The molecule has 20 heavy (non-hydrogen) atoms. The topological polar surface area (TPSA) is 58.4 Å². The third-order valence-corrected chi connectivity index (χ3v) is 4.69. The highest BCUT2D eigenvalue weighted by Gasteiger charge is 2.33. The fourth-order valence-corrected chi connectivity index (χ4v) is 3.03. The van der Waals surface area contributed by atoms with Crippen molar-refractivity contribution in [3.63, 3.8) is 0 Å². The van der Waals surface area contributed by atoms with Gasteiger partial charge in [-0.25, -0.2) is 0 Å². The highest BCUT2D eigenvalue weighted by Crippen LogP contribution is 2.31. The first-order valence-electron chi connectivity index (χ1n) is 7.33. The quantitative estimate of drug-likeness (QED) is 0.783. The van der Waals surface area contributed by atoms with Crippen LogP contribution in [0.5, 0.6) is 0 Å². The summed E-state index contributed by atoms with van der Waals surface area (Å²) >= 11 is 0. The number of likely N-dealkylation sites (N-methyl/N-ethyl adjacent to an activating group) is 1. The average molecular weight is 326 g/mol. The highest BCUT2D eigenvalue weighted by molar-refractivity contribution is 5.85. The SMILES string of the molecule is CC(CNC(=O)[C@@H]1CCC[C@@H]1CN)N(C)C1CC1.Cl.Cl. The van der Waals surface area contributed by atoms with Crippen LogP contribution in [-0.2, 0) is 4.79 Å². The maximum Gasteiger partial charge on any atom is 0.223 e. The van der Waals surface area contributed by atoms with Gasteiger partial charge >= 0.3 is 0 Å². The van der Waals surface area contributed by atoms with E-state index >= 15 is 0 Å². The number of carbonyl (C=O) groups excluding carboxylic acids is 1. The first kappa shape index (κ1) is 20.0. The maximum absolute atomic E-state index is 12.1. The minimum absolute atomic E-state index is 0. The molecule has 0 saturated heterocycles. The molecule has 4 nitrogen and oxygen atoms in total. The van der Waals surface area contributed by atoms with Gasteiger partial charge in [0.1, 0.15) is 0 Å². The largest absolute Gasteiger partial charge is 0.354 e. The number of nitrogens with zero attached hydrogens (tertiary/aromatic N) is 1. The predicted molar refractivity (Wildman–Crippen MR) is 87.6 cm³/mol. The van der Waals surface area contributed by atoms with Crippen LogP contribution in [0.2, 0.25) is 0 Å². The molecule has 2 aliphatic carbocycles. The first-order valence-corrected chi connectivity index (χ1v) is 7.33. The predicted octanol–water partition coefficient (Wildman–Crippen LogP) is 1.80. The van der Waals surface area contributed by atoms with E-state index in [9.17, 15) is 4.79 Å². The number of nitrogens with two attached hydrogens (primary N) is 1. The normalized spacial score (nSPS) is 26.6. The van der Waals surface area contributed by atoms with E-state index in [-0.39, 0.29) is 36.6 Å². The molecule has 0 aliphatic heterocycles. The van der Waals surface area contributed by atoms with Gasteiger partial charge in [0, 0.05) is 24.5 Å². The lowest BCUT2D eigenvalue weighted by Crippen LogP contribution is -2.43. The van der Waals surface area contributed by atoms with E-state index in [0.717, 1.165) is 31.8 Å². The van der Waals surface area contributed by atoms with Gasteiger partial charge in [0.15, 0.2) is 0 Å². The Morgan fingerprint density at radius 3 is 2.50 bits per heavy atom. The minimum atomic E-state index is 0. The lowest BCUT2D eigenvalue weighted by atomic mass is 9.95. The molecule has 0 radical (unpaired) electrons. The Bertz CT molecular complexity index is 300. The van der Waals surface area contributed by atoms with Gasteiger partial charge in [-0.2, -0.15) is 0 Å². The van der Waals surface area contributed by atoms with Crippen molar-refractivity contribution in [2.24, 2.45) is 17.6 Å². The number of halogens is 2. The van der Waals surface area contributed by atoms with Gasteiger partial charge in [-0.15, -0.1) is 24.8 Å². The van der Waals surface area contributed by atoms with Crippen LogP contribution in [0, 0.1) is 11.8 Å². The van der Waals surface area contributed by atoms with Crippen molar-refractivity contribution in [3.05, 3.63) is 0 Å². The summed E-state index contributed by atoms with van der Waals surface area (Å²) < 4.78 is 0. The van der Waals surface area contributed by atoms with Crippen LogP contribution in [-0.4, -0.2) is 43.0 Å². The van der Waals surface area contributed by atoms with Crippen molar-refractivity contribution >= 4 is 30.7 Å². The molecule has 3 atom stereocenters. The summed E-state index contributed by atoms with van der Waals surface area (Å²) in [6.07, 6.45) is 5.91. The fourth-order valence-electron chi connectivity index (χ4n) is 3.03. The van der Waals surface area contributed by atoms with Crippen LogP contribution in [0.1, 0.15) is 39.0 Å². The van der Waals surface area contributed by atoms with Gasteiger partial charge in [-0.05, 0) is 52.1 Å². The lowest BCUT2D eigenvalue weighted by molar-refractivity contribution is -0.126. The molecule has 0 aromatic carbocycles. The number of hydrogen-bond acceptors (Lipinski definition) is 3. The Labute approximate surface area is 135 Å². The monoisotopic (exact) mass is 325 g/mol. The summed E-state index contributed by atoms with van der Waals surface area (Å²) in [5.74, 6) is 0.786. The van der Waals surface area contributed by atoms with Gasteiger partial charge in [-0.1, -0.05) is 6.42 Å². The Balaban J connectivity index is 0.00000180. The smallest absolute Gasteiger partial charge is 0.223 e. The molecular weight excluding hydrogens is 297 g/mol. The molecule has 0 heterocycles. The third kappa shape index (κ3) is 5.06. The molecule has 120 valence electrons. The fraction of sp³-hybridized carbons (Fsp3) is 0.929. The summed E-state index contributed by atoms with van der Waals surface area (Å²) in [7, 11) is 2.16. The van der Waals surface area contributed by atoms with Crippen molar-refractivity contribution in [3.8, 4) is 0 Å². The zero-order valence-electron chi connectivity index (χ0n) is 12.5. The van der Waals surface area contributed by atoms with Gasteiger partial charge in [-0.3, -0.25) is 9.69 Å². The van der Waals surface area contributed by atoms with Crippen molar-refractivity contribution in [1.82, 2.24) is 10.2 Å². The molecule has 1 amide bonds. The van der Waals surface area contributed by atoms with E-state index in [0.29, 0.717) is 18.5 Å². The van der Waals surface area contributed by atoms with E-state index in [2.05, 4.69) is 24.2 Å². The second kappa shape index (κ2) is 9.08. The second-order valence-corrected chi connectivity index (χ2v) is 6.02. The summed E-state index contributed by atoms with van der Waals surface area (Å²) in [6, 6.07) is 1.18. The molecule has 0 bridgehead atoms. The van der Waals surface area contributed by atoms with Crippen molar-refractivity contribution in [1.29, 1.82) is 0 Å². The zero-order chi connectivity index (χ0) is 13.1. The molecule has 2 saturated carbocycles. The molecule has 1 unspecified atom stereocenters. The molecule has 2 fully saturated rings. The average Bonchev–Trinajstić information content (AvgIpc) is 3.11. The van der Waals surface area contributed by atoms with Gasteiger partial charge < -0.3 is 11.1 Å². The molecule has 0 spiro atoms. The van der Waals surface area contributed by atoms with Crippen molar-refractivity contribution in [2.75, 3.05) is 20.1 Å². The van der Waals surface area contributed by atoms with E-state index in [1.165, 1.54) is 12.8 Å². The van der Waals surface area contributed by atoms with Crippen LogP contribution in [0.25, 0.3) is 0 Å². The van der Waals surface area contributed by atoms with Gasteiger partial charge in [0.2, 0.25) is 5.91 Å². The van der Waals surface area contributed by atoms with Crippen LogP contribution < -0.4 is 11.1 Å². The molecule has 3 N–H and O–H groups in total.